The molecule has 2 aromatic heterocycles. The van der Waals surface area contributed by atoms with Crippen molar-refractivity contribution < 1.29 is 9.90 Å². The number of aliphatic hydroxyl groups is 1. The van der Waals surface area contributed by atoms with Crippen LogP contribution in [0, 0.1) is 5.41 Å². The number of thiophene rings is 1. The van der Waals surface area contributed by atoms with E-state index in [4.69, 9.17) is 10.8 Å². The van der Waals surface area contributed by atoms with Crippen molar-refractivity contribution in [2.75, 3.05) is 18.9 Å². The number of nitrogen functional groups attached to an aromatic ring is 1. The Morgan fingerprint density at radius 3 is 2.95 bits per heavy atom. The van der Waals surface area contributed by atoms with Gasteiger partial charge in [0, 0.05) is 19.3 Å². The van der Waals surface area contributed by atoms with E-state index in [9.17, 15) is 4.79 Å². The second kappa shape index (κ2) is 6.41. The van der Waals surface area contributed by atoms with Crippen LogP contribution in [0.5, 0.6) is 0 Å². The van der Waals surface area contributed by atoms with Crippen LogP contribution in [0.25, 0.3) is 10.2 Å². The standard InChI is InChI=1S/C15H21N3O2S/c1-15(2,6-4-8-19)9-18-14(20)13-11(16)12-10(21-13)5-3-7-17-12/h3,5,7,19H,4,6,8-9,16H2,1-2H3,(H,18,20). The van der Waals surface area contributed by atoms with E-state index in [1.165, 1.54) is 11.3 Å². The summed E-state index contributed by atoms with van der Waals surface area (Å²) in [6, 6.07) is 3.74. The molecule has 0 aliphatic heterocycles. The zero-order valence-electron chi connectivity index (χ0n) is 12.3. The lowest BCUT2D eigenvalue weighted by molar-refractivity contribution is 0.0938. The largest absolute Gasteiger partial charge is 0.396 e. The number of nitrogens with zero attached hydrogens (tertiary/aromatic N) is 1. The molecule has 114 valence electrons. The van der Waals surface area contributed by atoms with Crippen LogP contribution in [-0.2, 0) is 0 Å². The van der Waals surface area contributed by atoms with Crippen LogP contribution in [-0.4, -0.2) is 29.1 Å². The molecule has 0 unspecified atom stereocenters. The van der Waals surface area contributed by atoms with E-state index < -0.39 is 0 Å². The van der Waals surface area contributed by atoms with Gasteiger partial charge in [-0.15, -0.1) is 11.3 Å². The number of carbonyl (C=O) groups excluding carboxylic acids is 1. The Morgan fingerprint density at radius 2 is 2.29 bits per heavy atom. The van der Waals surface area contributed by atoms with Crippen molar-refractivity contribution >= 4 is 33.1 Å². The Bertz CT molecular complexity index is 637. The number of rotatable bonds is 6. The Kier molecular flexibility index (Phi) is 4.80. The minimum Gasteiger partial charge on any atom is -0.396 e. The van der Waals surface area contributed by atoms with Crippen LogP contribution in [0.1, 0.15) is 36.4 Å². The first-order valence-electron chi connectivity index (χ1n) is 6.97. The van der Waals surface area contributed by atoms with Crippen LogP contribution in [0.3, 0.4) is 0 Å². The summed E-state index contributed by atoms with van der Waals surface area (Å²) in [6.07, 6.45) is 3.26. The third-order valence-electron chi connectivity index (χ3n) is 3.43. The predicted octanol–water partition coefficient (Wildman–Crippen LogP) is 2.41. The lowest BCUT2D eigenvalue weighted by Crippen LogP contribution is -2.34. The molecule has 0 radical (unpaired) electrons. The maximum Gasteiger partial charge on any atom is 0.263 e. The molecule has 0 bridgehead atoms. The topological polar surface area (TPSA) is 88.2 Å². The van der Waals surface area contributed by atoms with Gasteiger partial charge in [-0.1, -0.05) is 13.8 Å². The first-order chi connectivity index (χ1) is 9.94. The lowest BCUT2D eigenvalue weighted by Gasteiger charge is -2.24. The number of aliphatic hydroxyl groups excluding tert-OH is 1. The normalized spacial score (nSPS) is 11.8. The molecule has 0 aliphatic carbocycles. The summed E-state index contributed by atoms with van der Waals surface area (Å²) in [5.74, 6) is -0.160. The number of nitrogens with two attached hydrogens (primary N) is 1. The molecule has 0 aliphatic rings. The Hall–Kier alpha value is -1.66. The van der Waals surface area contributed by atoms with Crippen molar-refractivity contribution in [3.05, 3.63) is 23.2 Å². The van der Waals surface area contributed by atoms with E-state index in [0.29, 0.717) is 22.6 Å². The molecule has 2 rings (SSSR count). The fraction of sp³-hybridized carbons (Fsp3) is 0.467. The molecule has 6 heteroatoms. The molecule has 0 atom stereocenters. The Morgan fingerprint density at radius 1 is 1.52 bits per heavy atom. The monoisotopic (exact) mass is 307 g/mol. The van der Waals surface area contributed by atoms with Gasteiger partial charge >= 0.3 is 0 Å². The first-order valence-corrected chi connectivity index (χ1v) is 7.78. The SMILES string of the molecule is CC(C)(CCCO)CNC(=O)c1sc2cccnc2c1N. The Labute approximate surface area is 128 Å². The van der Waals surface area contributed by atoms with Gasteiger partial charge in [0.25, 0.3) is 5.91 Å². The fourth-order valence-corrected chi connectivity index (χ4v) is 3.16. The van der Waals surface area contributed by atoms with Crippen molar-refractivity contribution in [1.29, 1.82) is 0 Å². The van der Waals surface area contributed by atoms with Crippen LogP contribution in [0.4, 0.5) is 5.69 Å². The third-order valence-corrected chi connectivity index (χ3v) is 4.59. The van der Waals surface area contributed by atoms with Gasteiger partial charge in [0.1, 0.15) is 10.4 Å². The quantitative estimate of drug-likeness (QED) is 0.764. The van der Waals surface area contributed by atoms with Gasteiger partial charge in [-0.05, 0) is 30.4 Å². The molecule has 0 spiro atoms. The van der Waals surface area contributed by atoms with E-state index >= 15 is 0 Å². The summed E-state index contributed by atoms with van der Waals surface area (Å²) in [7, 11) is 0. The van der Waals surface area contributed by atoms with E-state index in [0.717, 1.165) is 17.5 Å². The van der Waals surface area contributed by atoms with Crippen LogP contribution in [0.2, 0.25) is 0 Å². The molecule has 5 nitrogen and oxygen atoms in total. The van der Waals surface area contributed by atoms with Crippen molar-refractivity contribution in [2.45, 2.75) is 26.7 Å². The molecule has 0 fully saturated rings. The number of carbonyl (C=O) groups is 1. The molecule has 0 aromatic carbocycles. The van der Waals surface area contributed by atoms with Crippen molar-refractivity contribution in [3.63, 3.8) is 0 Å². The molecule has 0 saturated carbocycles. The van der Waals surface area contributed by atoms with E-state index in [1.807, 2.05) is 12.1 Å². The summed E-state index contributed by atoms with van der Waals surface area (Å²) in [6.45, 7) is 4.86. The number of aromatic nitrogens is 1. The number of hydrogen-bond acceptors (Lipinski definition) is 5. The molecule has 2 heterocycles. The minimum atomic E-state index is -0.160. The highest BCUT2D eigenvalue weighted by Crippen LogP contribution is 2.32. The highest BCUT2D eigenvalue weighted by atomic mass is 32.1. The average molecular weight is 307 g/mol. The van der Waals surface area contributed by atoms with Crippen LogP contribution in [0.15, 0.2) is 18.3 Å². The van der Waals surface area contributed by atoms with Crippen LogP contribution < -0.4 is 11.1 Å². The maximum absolute atomic E-state index is 12.3. The first kappa shape index (κ1) is 15.7. The number of anilines is 1. The number of hydrogen-bond donors (Lipinski definition) is 3. The number of fused-ring (bicyclic) bond motifs is 1. The summed E-state index contributed by atoms with van der Waals surface area (Å²) in [5, 5.41) is 11.8. The van der Waals surface area contributed by atoms with Crippen molar-refractivity contribution in [2.24, 2.45) is 5.41 Å². The molecule has 2 aromatic rings. The van der Waals surface area contributed by atoms with Gasteiger partial charge < -0.3 is 16.2 Å². The minimum absolute atomic E-state index is 0.0535. The highest BCUT2D eigenvalue weighted by molar-refractivity contribution is 7.21. The summed E-state index contributed by atoms with van der Waals surface area (Å²) >= 11 is 1.36. The third kappa shape index (κ3) is 3.71. The van der Waals surface area contributed by atoms with Gasteiger partial charge in [0.2, 0.25) is 0 Å². The fourth-order valence-electron chi connectivity index (χ4n) is 2.16. The van der Waals surface area contributed by atoms with E-state index in [-0.39, 0.29) is 17.9 Å². The second-order valence-electron chi connectivity index (χ2n) is 5.87. The molecule has 1 amide bonds. The zero-order valence-corrected chi connectivity index (χ0v) is 13.2. The summed E-state index contributed by atoms with van der Waals surface area (Å²) in [5.41, 5.74) is 7.09. The smallest absolute Gasteiger partial charge is 0.263 e. The second-order valence-corrected chi connectivity index (χ2v) is 6.92. The highest BCUT2D eigenvalue weighted by Gasteiger charge is 2.21. The van der Waals surface area contributed by atoms with Gasteiger partial charge in [-0.3, -0.25) is 9.78 Å². The van der Waals surface area contributed by atoms with Crippen molar-refractivity contribution in [1.82, 2.24) is 10.3 Å². The molecule has 4 N–H and O–H groups in total. The van der Waals surface area contributed by atoms with Crippen LogP contribution >= 0.6 is 11.3 Å². The lowest BCUT2D eigenvalue weighted by atomic mass is 9.88. The number of pyridine rings is 1. The number of amides is 1. The van der Waals surface area contributed by atoms with Gasteiger partial charge in [0.05, 0.1) is 10.4 Å². The summed E-state index contributed by atoms with van der Waals surface area (Å²) < 4.78 is 0.916. The van der Waals surface area contributed by atoms with Gasteiger partial charge in [-0.2, -0.15) is 0 Å². The molecule has 0 saturated heterocycles. The predicted molar refractivity (Wildman–Crippen MR) is 86.5 cm³/mol. The molecule has 21 heavy (non-hydrogen) atoms. The molecular weight excluding hydrogens is 286 g/mol. The zero-order chi connectivity index (χ0) is 15.5. The Balaban J connectivity index is 2.07. The van der Waals surface area contributed by atoms with Crippen molar-refractivity contribution in [3.8, 4) is 0 Å². The van der Waals surface area contributed by atoms with Gasteiger partial charge in [0.15, 0.2) is 0 Å². The number of nitrogens with one attached hydrogen (secondary N) is 1. The van der Waals surface area contributed by atoms with Gasteiger partial charge in [-0.25, -0.2) is 0 Å². The molecular formula is C15H21N3O2S. The summed E-state index contributed by atoms with van der Waals surface area (Å²) in [4.78, 5) is 17.0. The average Bonchev–Trinajstić information content (AvgIpc) is 2.81. The van der Waals surface area contributed by atoms with E-state index in [2.05, 4.69) is 24.1 Å². The maximum atomic E-state index is 12.3. The van der Waals surface area contributed by atoms with E-state index in [1.54, 1.807) is 6.20 Å².